The molecule has 167 valence electrons. The molecule has 1 radical (unpaired) electrons. The van der Waals surface area contributed by atoms with Crippen molar-refractivity contribution in [2.75, 3.05) is 0 Å². The predicted molar refractivity (Wildman–Crippen MR) is 131 cm³/mol. The van der Waals surface area contributed by atoms with Gasteiger partial charge in [-0.25, -0.2) is 18.4 Å². The van der Waals surface area contributed by atoms with E-state index >= 15 is 0 Å². The summed E-state index contributed by atoms with van der Waals surface area (Å²) in [6.45, 7) is 0. The summed E-state index contributed by atoms with van der Waals surface area (Å²) in [6, 6.07) is 21.6. The van der Waals surface area contributed by atoms with Crippen LogP contribution in [0.4, 0.5) is 0 Å². The van der Waals surface area contributed by atoms with Crippen molar-refractivity contribution in [1.82, 2.24) is 19.9 Å². The van der Waals surface area contributed by atoms with Crippen LogP contribution < -0.4 is 0 Å². The maximum atomic E-state index is 13.4. The van der Waals surface area contributed by atoms with Crippen LogP contribution >= 0.6 is 0 Å². The molecule has 0 saturated heterocycles. The minimum atomic E-state index is -3.73. The maximum absolute atomic E-state index is 13.4. The normalized spacial score (nSPS) is 12.5. The first-order chi connectivity index (χ1) is 16.0. The van der Waals surface area contributed by atoms with Gasteiger partial charge in [-0.05, 0) is 78.9 Å². The average molecular weight is 505 g/mol. The van der Waals surface area contributed by atoms with Crippen molar-refractivity contribution in [3.8, 4) is 0 Å². The Morgan fingerprint density at radius 1 is 0.588 bits per heavy atom. The molecule has 0 amide bonds. The number of rotatable bonds is 2. The van der Waals surface area contributed by atoms with Crippen molar-refractivity contribution in [2.45, 2.75) is 9.79 Å². The number of aromatic amines is 2. The molecule has 34 heavy (non-hydrogen) atoms. The van der Waals surface area contributed by atoms with Gasteiger partial charge in [-0.3, -0.25) is 0 Å². The van der Waals surface area contributed by atoms with Gasteiger partial charge in [0.2, 0.25) is 9.84 Å². The fourth-order valence-corrected chi connectivity index (χ4v) is 5.39. The quantitative estimate of drug-likeness (QED) is 0.305. The number of nitrogens with zero attached hydrogens (tertiary/aromatic N) is 2. The number of benzene rings is 1. The summed E-state index contributed by atoms with van der Waals surface area (Å²) < 4.78 is 26.9. The summed E-state index contributed by atoms with van der Waals surface area (Å²) in [5, 5.41) is 0. The van der Waals surface area contributed by atoms with Crippen LogP contribution in [0.3, 0.4) is 0 Å². The molecular weight excluding hydrogens is 487 g/mol. The smallest absolute Gasteiger partial charge is 0.208 e. The molecule has 3 aromatic heterocycles. The van der Waals surface area contributed by atoms with Crippen molar-refractivity contribution in [1.29, 1.82) is 0 Å². The SMILES string of the molecule is O=S(=O)(c1ccccc1)c1cc2cc3nc(cc4ccc(cc5nc(cc1[nH]2)C=C5)[nH]4)C=C3.[Mn]. The van der Waals surface area contributed by atoms with E-state index in [-0.39, 0.29) is 26.9 Å². The van der Waals surface area contributed by atoms with Crippen molar-refractivity contribution < 1.29 is 25.5 Å². The standard InChI is InChI=1S/C26H18N4O2S.Mn/c31-33(32,24-4-2-1-3-5-24)26-16-23-14-21-9-8-19(28-21)12-17-6-7-18(27-17)13-20-10-11-22(29-20)15-25(26)30-23;/h1-16,27,30H;. The fourth-order valence-electron chi connectivity index (χ4n) is 3.94. The molecule has 6 rings (SSSR count). The number of hydrogen-bond acceptors (Lipinski definition) is 4. The van der Waals surface area contributed by atoms with E-state index in [1.54, 1.807) is 42.5 Å². The summed E-state index contributed by atoms with van der Waals surface area (Å²) in [6.07, 6.45) is 7.60. The number of nitrogens with one attached hydrogen (secondary N) is 2. The van der Waals surface area contributed by atoms with E-state index < -0.39 is 9.84 Å². The summed E-state index contributed by atoms with van der Waals surface area (Å²) in [5.74, 6) is 0. The first-order valence-corrected chi connectivity index (χ1v) is 11.9. The zero-order chi connectivity index (χ0) is 22.4. The Hall–Kier alpha value is -3.71. The largest absolute Gasteiger partial charge is 0.355 e. The molecule has 2 aliphatic heterocycles. The van der Waals surface area contributed by atoms with Crippen molar-refractivity contribution >= 4 is 56.2 Å². The van der Waals surface area contributed by atoms with E-state index in [2.05, 4.69) is 19.9 Å². The Bertz CT molecular complexity index is 1730. The van der Waals surface area contributed by atoms with Crippen LogP contribution in [0.5, 0.6) is 0 Å². The monoisotopic (exact) mass is 505 g/mol. The van der Waals surface area contributed by atoms with E-state index in [1.807, 2.05) is 54.6 Å². The molecule has 1 aromatic carbocycles. The van der Waals surface area contributed by atoms with Crippen LogP contribution in [0, 0.1) is 0 Å². The number of H-pyrrole nitrogens is 2. The predicted octanol–water partition coefficient (Wildman–Crippen LogP) is 5.49. The zero-order valence-corrected chi connectivity index (χ0v) is 19.7. The Morgan fingerprint density at radius 2 is 1.12 bits per heavy atom. The second kappa shape index (κ2) is 8.57. The van der Waals surface area contributed by atoms with Gasteiger partial charge in [0.1, 0.15) is 0 Å². The van der Waals surface area contributed by atoms with Crippen molar-refractivity contribution in [2.24, 2.45) is 0 Å². The van der Waals surface area contributed by atoms with Gasteiger partial charge in [-0.15, -0.1) is 0 Å². The topological polar surface area (TPSA) is 91.5 Å². The number of fused-ring (bicyclic) bond motifs is 8. The van der Waals surface area contributed by atoms with E-state index in [0.29, 0.717) is 16.7 Å². The summed E-state index contributed by atoms with van der Waals surface area (Å²) >= 11 is 0. The summed E-state index contributed by atoms with van der Waals surface area (Å²) in [4.78, 5) is 16.3. The summed E-state index contributed by atoms with van der Waals surface area (Å²) in [5.41, 5.74) is 5.97. The van der Waals surface area contributed by atoms with Gasteiger partial charge in [0.15, 0.2) is 0 Å². The van der Waals surface area contributed by atoms with Crippen molar-refractivity contribution in [3.05, 3.63) is 95.6 Å². The third kappa shape index (κ3) is 4.15. The molecule has 0 unspecified atom stereocenters. The van der Waals surface area contributed by atoms with Gasteiger partial charge >= 0.3 is 0 Å². The maximum Gasteiger partial charge on any atom is 0.208 e. The third-order valence-electron chi connectivity index (χ3n) is 5.47. The minimum Gasteiger partial charge on any atom is -0.355 e. The molecule has 8 heteroatoms. The summed E-state index contributed by atoms with van der Waals surface area (Å²) in [7, 11) is -3.73. The van der Waals surface area contributed by atoms with Crippen LogP contribution in [0.25, 0.3) is 46.4 Å². The number of aromatic nitrogens is 4. The molecule has 0 aliphatic carbocycles. The molecule has 2 N–H and O–H groups in total. The molecule has 8 bridgehead atoms. The Balaban J connectivity index is 0.00000241. The van der Waals surface area contributed by atoms with Gasteiger partial charge in [-0.2, -0.15) is 0 Å². The molecule has 0 spiro atoms. The molecule has 2 aliphatic rings. The molecular formula is C26H18MnN4O2S. The molecule has 6 nitrogen and oxygen atoms in total. The Kier molecular flexibility index (Phi) is 5.57. The van der Waals surface area contributed by atoms with E-state index in [9.17, 15) is 8.42 Å². The van der Waals surface area contributed by atoms with E-state index in [1.165, 1.54) is 0 Å². The number of hydrogen-bond donors (Lipinski definition) is 2. The minimum absolute atomic E-state index is 0. The number of sulfone groups is 1. The van der Waals surface area contributed by atoms with Crippen LogP contribution in [0.15, 0.2) is 82.6 Å². The van der Waals surface area contributed by atoms with Crippen LogP contribution in [-0.2, 0) is 26.9 Å². The third-order valence-corrected chi connectivity index (χ3v) is 7.28. The van der Waals surface area contributed by atoms with Crippen LogP contribution in [0.2, 0.25) is 0 Å². The average Bonchev–Trinajstić information content (AvgIpc) is 3.59. The molecule has 0 saturated carbocycles. The van der Waals surface area contributed by atoms with Gasteiger partial charge in [0.25, 0.3) is 0 Å². The Labute approximate surface area is 206 Å². The van der Waals surface area contributed by atoms with Gasteiger partial charge in [-0.1, -0.05) is 18.2 Å². The van der Waals surface area contributed by atoms with Crippen LogP contribution in [0.1, 0.15) is 22.8 Å². The van der Waals surface area contributed by atoms with E-state index in [0.717, 1.165) is 28.1 Å². The van der Waals surface area contributed by atoms with Gasteiger partial charge < -0.3 is 9.97 Å². The van der Waals surface area contributed by atoms with E-state index in [4.69, 9.17) is 0 Å². The second-order valence-corrected chi connectivity index (χ2v) is 9.77. The van der Waals surface area contributed by atoms with Gasteiger partial charge in [0.05, 0.1) is 38.1 Å². The van der Waals surface area contributed by atoms with Gasteiger partial charge in [0, 0.05) is 33.6 Å². The van der Waals surface area contributed by atoms with Crippen LogP contribution in [-0.4, -0.2) is 28.4 Å². The van der Waals surface area contributed by atoms with Crippen molar-refractivity contribution in [3.63, 3.8) is 0 Å². The Morgan fingerprint density at radius 3 is 1.71 bits per heavy atom. The molecule has 4 aromatic rings. The molecule has 0 atom stereocenters. The first kappa shape index (κ1) is 22.1. The fraction of sp³-hybridized carbons (Fsp3) is 0. The molecule has 5 heterocycles. The second-order valence-electron chi connectivity index (χ2n) is 7.86. The zero-order valence-electron chi connectivity index (χ0n) is 17.7. The molecule has 0 fully saturated rings. The first-order valence-electron chi connectivity index (χ1n) is 10.4.